The average Bonchev–Trinajstić information content (AvgIpc) is 2.74. The van der Waals surface area contributed by atoms with Crippen molar-refractivity contribution in [3.05, 3.63) is 54.1 Å². The van der Waals surface area contributed by atoms with E-state index in [0.29, 0.717) is 17.9 Å². The monoisotopic (exact) mass is 439 g/mol. The van der Waals surface area contributed by atoms with Crippen LogP contribution in [0, 0.1) is 0 Å². The minimum absolute atomic E-state index is 0.121. The van der Waals surface area contributed by atoms with Crippen LogP contribution in [0.4, 0.5) is 11.4 Å². The van der Waals surface area contributed by atoms with Crippen molar-refractivity contribution < 1.29 is 14.3 Å². The molecule has 0 unspecified atom stereocenters. The van der Waals surface area contributed by atoms with Gasteiger partial charge in [-0.2, -0.15) is 0 Å². The van der Waals surface area contributed by atoms with Crippen LogP contribution in [-0.4, -0.2) is 30.5 Å². The van der Waals surface area contributed by atoms with Gasteiger partial charge < -0.3 is 20.7 Å². The molecule has 6 nitrogen and oxygen atoms in total. The Hall–Kier alpha value is -3.02. The van der Waals surface area contributed by atoms with Crippen LogP contribution >= 0.6 is 0 Å². The van der Waals surface area contributed by atoms with Crippen LogP contribution in [0.1, 0.15) is 70.2 Å². The van der Waals surface area contributed by atoms with Crippen molar-refractivity contribution in [2.24, 2.45) is 0 Å². The van der Waals surface area contributed by atoms with E-state index in [1.54, 1.807) is 24.3 Å². The Labute approximate surface area is 192 Å². The third kappa shape index (κ3) is 9.86. The third-order valence-electron chi connectivity index (χ3n) is 4.72. The van der Waals surface area contributed by atoms with E-state index in [1.165, 1.54) is 25.7 Å². The fourth-order valence-corrected chi connectivity index (χ4v) is 3.10. The van der Waals surface area contributed by atoms with Gasteiger partial charge in [-0.05, 0) is 63.6 Å². The van der Waals surface area contributed by atoms with Gasteiger partial charge in [0, 0.05) is 28.5 Å². The van der Waals surface area contributed by atoms with Crippen LogP contribution in [-0.2, 0) is 4.79 Å². The summed E-state index contributed by atoms with van der Waals surface area (Å²) in [6, 6.07) is 14.5. The summed E-state index contributed by atoms with van der Waals surface area (Å²) in [6.45, 7) is 8.83. The topological polar surface area (TPSA) is 79.5 Å². The van der Waals surface area contributed by atoms with Crippen LogP contribution < -0.4 is 20.7 Å². The van der Waals surface area contributed by atoms with Crippen molar-refractivity contribution in [1.82, 2.24) is 5.32 Å². The number of rotatable bonds is 12. The number of ether oxygens (including phenoxy) is 1. The summed E-state index contributed by atoms with van der Waals surface area (Å²) < 4.78 is 5.80. The Bertz CT molecular complexity index is 857. The molecule has 2 amide bonds. The molecule has 32 heavy (non-hydrogen) atoms. The number of carbonyl (C=O) groups is 2. The van der Waals surface area contributed by atoms with E-state index in [-0.39, 0.29) is 23.9 Å². The van der Waals surface area contributed by atoms with Gasteiger partial charge in [0.05, 0.1) is 13.2 Å². The molecule has 0 aliphatic rings. The molecule has 174 valence electrons. The summed E-state index contributed by atoms with van der Waals surface area (Å²) in [5.74, 6) is 0.483. The molecule has 0 saturated carbocycles. The number of nitrogens with one attached hydrogen (secondary N) is 3. The summed E-state index contributed by atoms with van der Waals surface area (Å²) in [7, 11) is 0. The highest BCUT2D eigenvalue weighted by molar-refractivity contribution is 5.95. The maximum atomic E-state index is 12.3. The van der Waals surface area contributed by atoms with E-state index in [2.05, 4.69) is 22.9 Å². The maximum absolute atomic E-state index is 12.3. The molecule has 0 heterocycles. The molecule has 0 saturated heterocycles. The first-order chi connectivity index (χ1) is 15.3. The Morgan fingerprint density at radius 2 is 1.62 bits per heavy atom. The molecule has 0 fully saturated rings. The summed E-state index contributed by atoms with van der Waals surface area (Å²) in [4.78, 5) is 24.5. The van der Waals surface area contributed by atoms with E-state index in [1.807, 2.05) is 45.0 Å². The lowest BCUT2D eigenvalue weighted by atomic mass is 10.1. The molecule has 0 radical (unpaired) electrons. The summed E-state index contributed by atoms with van der Waals surface area (Å²) in [6.07, 6.45) is 5.97. The second-order valence-electron chi connectivity index (χ2n) is 8.97. The zero-order valence-electron chi connectivity index (χ0n) is 19.8. The molecule has 2 aromatic carbocycles. The lowest BCUT2D eigenvalue weighted by Gasteiger charge is -2.20. The van der Waals surface area contributed by atoms with E-state index in [0.717, 1.165) is 17.9 Å². The largest absolute Gasteiger partial charge is 0.494 e. The second kappa shape index (κ2) is 12.7. The van der Waals surface area contributed by atoms with Gasteiger partial charge in [0.25, 0.3) is 5.91 Å². The molecular formula is C26H37N3O3. The lowest BCUT2D eigenvalue weighted by Crippen LogP contribution is -2.40. The van der Waals surface area contributed by atoms with Gasteiger partial charge in [0.1, 0.15) is 5.75 Å². The fourth-order valence-electron chi connectivity index (χ4n) is 3.10. The predicted octanol–water partition coefficient (Wildman–Crippen LogP) is 5.61. The zero-order valence-corrected chi connectivity index (χ0v) is 19.8. The Kier molecular flexibility index (Phi) is 10.1. The highest BCUT2D eigenvalue weighted by Crippen LogP contribution is 2.18. The maximum Gasteiger partial charge on any atom is 0.251 e. The number of hydrogen-bond donors (Lipinski definition) is 3. The van der Waals surface area contributed by atoms with Crippen molar-refractivity contribution in [3.63, 3.8) is 0 Å². The van der Waals surface area contributed by atoms with Gasteiger partial charge in [-0.25, -0.2) is 0 Å². The first kappa shape index (κ1) is 25.2. The SMILES string of the molecule is CCCCCCCOc1cccc(NC(=O)CNc2ccc(C(=O)NC(C)(C)C)cc2)c1. The molecule has 0 aliphatic heterocycles. The first-order valence-corrected chi connectivity index (χ1v) is 11.5. The summed E-state index contributed by atoms with van der Waals surface area (Å²) in [5.41, 5.74) is 1.77. The average molecular weight is 440 g/mol. The van der Waals surface area contributed by atoms with Gasteiger partial charge in [0.15, 0.2) is 0 Å². The van der Waals surface area contributed by atoms with Gasteiger partial charge in [-0.15, -0.1) is 0 Å². The highest BCUT2D eigenvalue weighted by Gasteiger charge is 2.15. The van der Waals surface area contributed by atoms with E-state index in [9.17, 15) is 9.59 Å². The van der Waals surface area contributed by atoms with Crippen molar-refractivity contribution in [2.45, 2.75) is 65.3 Å². The molecule has 0 aromatic heterocycles. The van der Waals surface area contributed by atoms with E-state index >= 15 is 0 Å². The second-order valence-corrected chi connectivity index (χ2v) is 8.97. The zero-order chi connectivity index (χ0) is 23.4. The van der Waals surface area contributed by atoms with E-state index in [4.69, 9.17) is 4.74 Å². The molecule has 0 bridgehead atoms. The fraction of sp³-hybridized carbons (Fsp3) is 0.462. The molecular weight excluding hydrogens is 402 g/mol. The number of carbonyl (C=O) groups excluding carboxylic acids is 2. The quantitative estimate of drug-likeness (QED) is 0.375. The van der Waals surface area contributed by atoms with Gasteiger partial charge >= 0.3 is 0 Å². The van der Waals surface area contributed by atoms with Crippen molar-refractivity contribution in [1.29, 1.82) is 0 Å². The minimum atomic E-state index is -0.289. The Morgan fingerprint density at radius 3 is 2.31 bits per heavy atom. The number of amides is 2. The smallest absolute Gasteiger partial charge is 0.251 e. The molecule has 0 spiro atoms. The summed E-state index contributed by atoms with van der Waals surface area (Å²) in [5, 5.41) is 8.89. The lowest BCUT2D eigenvalue weighted by molar-refractivity contribution is -0.114. The molecule has 6 heteroatoms. The molecule has 0 atom stereocenters. The normalized spacial score (nSPS) is 11.0. The standard InChI is InChI=1S/C26H37N3O3/c1-5-6-7-8-9-17-32-23-12-10-11-22(18-23)28-24(30)19-27-21-15-13-20(14-16-21)25(31)29-26(2,3)4/h10-16,18,27H,5-9,17,19H2,1-4H3,(H,28,30)(H,29,31). The first-order valence-electron chi connectivity index (χ1n) is 11.5. The number of benzene rings is 2. The highest BCUT2D eigenvalue weighted by atomic mass is 16.5. The molecule has 2 rings (SSSR count). The number of hydrogen-bond acceptors (Lipinski definition) is 4. The van der Waals surface area contributed by atoms with Crippen LogP contribution in [0.5, 0.6) is 5.75 Å². The van der Waals surface area contributed by atoms with Gasteiger partial charge in [0.2, 0.25) is 5.91 Å². The molecule has 2 aromatic rings. The summed E-state index contributed by atoms with van der Waals surface area (Å²) >= 11 is 0. The number of unbranched alkanes of at least 4 members (excludes halogenated alkanes) is 4. The van der Waals surface area contributed by atoms with Crippen LogP contribution in [0.2, 0.25) is 0 Å². The van der Waals surface area contributed by atoms with Crippen molar-refractivity contribution >= 4 is 23.2 Å². The Morgan fingerprint density at radius 1 is 0.906 bits per heavy atom. The predicted molar refractivity (Wildman–Crippen MR) is 131 cm³/mol. The van der Waals surface area contributed by atoms with Gasteiger partial charge in [-0.1, -0.05) is 38.7 Å². The number of anilines is 2. The molecule has 0 aliphatic carbocycles. The van der Waals surface area contributed by atoms with E-state index < -0.39 is 0 Å². The molecule has 3 N–H and O–H groups in total. The van der Waals surface area contributed by atoms with Gasteiger partial charge in [-0.3, -0.25) is 9.59 Å². The minimum Gasteiger partial charge on any atom is -0.494 e. The van der Waals surface area contributed by atoms with Crippen molar-refractivity contribution in [2.75, 3.05) is 23.8 Å². The van der Waals surface area contributed by atoms with Crippen molar-refractivity contribution in [3.8, 4) is 5.75 Å². The van der Waals surface area contributed by atoms with Crippen LogP contribution in [0.25, 0.3) is 0 Å². The van der Waals surface area contributed by atoms with Crippen LogP contribution in [0.3, 0.4) is 0 Å². The van der Waals surface area contributed by atoms with Crippen LogP contribution in [0.15, 0.2) is 48.5 Å². The third-order valence-corrected chi connectivity index (χ3v) is 4.72. The Balaban J connectivity index is 1.76.